The molecule has 0 radical (unpaired) electrons. The lowest BCUT2D eigenvalue weighted by atomic mass is 10.00. The molecule has 2 nitrogen and oxygen atoms in total. The van der Waals surface area contributed by atoms with Crippen LogP contribution in [0.15, 0.2) is 22.9 Å². The first-order valence-corrected chi connectivity index (χ1v) is 4.85. The average Bonchev–Trinajstić information content (AvgIpc) is 2.05. The van der Waals surface area contributed by atoms with E-state index in [0.29, 0.717) is 5.92 Å². The molecule has 12 heavy (non-hydrogen) atoms. The third-order valence-corrected chi connectivity index (χ3v) is 2.58. The number of pyridine rings is 1. The molecular formula is C9H13BrN2. The minimum atomic E-state index is 0.484. The van der Waals surface area contributed by atoms with Crippen molar-refractivity contribution in [2.75, 3.05) is 6.54 Å². The van der Waals surface area contributed by atoms with Crippen molar-refractivity contribution in [2.24, 2.45) is 5.73 Å². The zero-order valence-electron chi connectivity index (χ0n) is 7.13. The Labute approximate surface area is 81.3 Å². The Hall–Kier alpha value is -0.410. The predicted octanol–water partition coefficient (Wildman–Crippen LogP) is 2.30. The summed E-state index contributed by atoms with van der Waals surface area (Å²) in [4.78, 5) is 4.16. The van der Waals surface area contributed by atoms with Crippen LogP contribution in [-0.2, 0) is 0 Å². The fraction of sp³-hybridized carbons (Fsp3) is 0.444. The van der Waals surface area contributed by atoms with Gasteiger partial charge in [0.1, 0.15) is 4.60 Å². The van der Waals surface area contributed by atoms with Gasteiger partial charge in [-0.05, 0) is 46.4 Å². The molecule has 0 saturated heterocycles. The summed E-state index contributed by atoms with van der Waals surface area (Å²) in [6, 6.07) is 4.03. The van der Waals surface area contributed by atoms with Crippen LogP contribution in [0.25, 0.3) is 0 Å². The molecule has 0 aliphatic rings. The molecule has 1 aromatic rings. The lowest BCUT2D eigenvalue weighted by Crippen LogP contribution is -2.05. The fourth-order valence-electron chi connectivity index (χ4n) is 1.17. The highest BCUT2D eigenvalue weighted by molar-refractivity contribution is 9.10. The van der Waals surface area contributed by atoms with Crippen LogP contribution in [0.3, 0.4) is 0 Å². The zero-order valence-corrected chi connectivity index (χ0v) is 8.71. The minimum absolute atomic E-state index is 0.484. The number of rotatable bonds is 3. The van der Waals surface area contributed by atoms with E-state index in [0.717, 1.165) is 17.6 Å². The molecule has 0 aliphatic heterocycles. The van der Waals surface area contributed by atoms with Gasteiger partial charge in [0.25, 0.3) is 0 Å². The van der Waals surface area contributed by atoms with Crippen molar-refractivity contribution in [3.05, 3.63) is 28.5 Å². The van der Waals surface area contributed by atoms with E-state index >= 15 is 0 Å². The highest BCUT2D eigenvalue weighted by Gasteiger charge is 2.07. The maximum absolute atomic E-state index is 5.48. The maximum atomic E-state index is 5.48. The third-order valence-electron chi connectivity index (χ3n) is 1.92. The van der Waals surface area contributed by atoms with Gasteiger partial charge in [-0.25, -0.2) is 4.98 Å². The first kappa shape index (κ1) is 9.68. The Morgan fingerprint density at radius 1 is 1.67 bits per heavy atom. The van der Waals surface area contributed by atoms with Gasteiger partial charge in [0.15, 0.2) is 0 Å². The molecule has 3 heteroatoms. The maximum Gasteiger partial charge on any atom is 0.109 e. The second-order valence-corrected chi connectivity index (χ2v) is 3.61. The lowest BCUT2D eigenvalue weighted by molar-refractivity contribution is 0.683. The highest BCUT2D eigenvalue weighted by atomic mass is 79.9. The van der Waals surface area contributed by atoms with Crippen LogP contribution >= 0.6 is 15.9 Å². The normalized spacial score (nSPS) is 12.9. The minimum Gasteiger partial charge on any atom is -0.330 e. The van der Waals surface area contributed by atoms with Gasteiger partial charge in [0.05, 0.1) is 0 Å². The summed E-state index contributed by atoms with van der Waals surface area (Å²) < 4.78 is 0.936. The first-order chi connectivity index (χ1) is 5.75. The predicted molar refractivity (Wildman–Crippen MR) is 54.0 cm³/mol. The Bertz CT molecular complexity index is 250. The van der Waals surface area contributed by atoms with Crippen molar-refractivity contribution >= 4 is 15.9 Å². The van der Waals surface area contributed by atoms with Crippen molar-refractivity contribution in [1.82, 2.24) is 4.98 Å². The van der Waals surface area contributed by atoms with E-state index in [2.05, 4.69) is 33.9 Å². The molecule has 1 rings (SSSR count). The zero-order chi connectivity index (χ0) is 8.97. The summed E-state index contributed by atoms with van der Waals surface area (Å²) >= 11 is 3.41. The summed E-state index contributed by atoms with van der Waals surface area (Å²) in [5.74, 6) is 0.484. The van der Waals surface area contributed by atoms with Gasteiger partial charge in [-0.2, -0.15) is 0 Å². The molecule has 0 saturated carbocycles. The molecule has 0 bridgehead atoms. The molecule has 0 fully saturated rings. The fourth-order valence-corrected chi connectivity index (χ4v) is 1.81. The van der Waals surface area contributed by atoms with E-state index in [9.17, 15) is 0 Å². The van der Waals surface area contributed by atoms with Crippen LogP contribution in [0.5, 0.6) is 0 Å². The van der Waals surface area contributed by atoms with Crippen molar-refractivity contribution < 1.29 is 0 Å². The van der Waals surface area contributed by atoms with E-state index in [1.165, 1.54) is 5.56 Å². The number of aromatic nitrogens is 1. The molecule has 2 N–H and O–H groups in total. The monoisotopic (exact) mass is 228 g/mol. The number of hydrogen-bond donors (Lipinski definition) is 1. The Balaban J connectivity index is 2.79. The van der Waals surface area contributed by atoms with Crippen LogP contribution in [-0.4, -0.2) is 11.5 Å². The van der Waals surface area contributed by atoms with E-state index < -0.39 is 0 Å². The van der Waals surface area contributed by atoms with Gasteiger partial charge >= 0.3 is 0 Å². The number of halogens is 1. The quantitative estimate of drug-likeness (QED) is 0.807. The molecule has 1 unspecified atom stereocenters. The lowest BCUT2D eigenvalue weighted by Gasteiger charge is -2.10. The molecule has 1 atom stereocenters. The standard InChI is InChI=1S/C9H13BrN2/c1-7(4-5-11)8-3-2-6-12-9(8)10/h2-3,6-7H,4-5,11H2,1H3. The second-order valence-electron chi connectivity index (χ2n) is 2.86. The van der Waals surface area contributed by atoms with Crippen LogP contribution in [0.2, 0.25) is 0 Å². The summed E-state index contributed by atoms with van der Waals surface area (Å²) in [5.41, 5.74) is 6.72. The molecule has 0 aliphatic carbocycles. The van der Waals surface area contributed by atoms with Crippen LogP contribution in [0.1, 0.15) is 24.8 Å². The van der Waals surface area contributed by atoms with Crippen molar-refractivity contribution in [3.8, 4) is 0 Å². The Morgan fingerprint density at radius 2 is 2.42 bits per heavy atom. The molecule has 0 amide bonds. The van der Waals surface area contributed by atoms with Gasteiger partial charge in [0.2, 0.25) is 0 Å². The molecule has 66 valence electrons. The Morgan fingerprint density at radius 3 is 3.00 bits per heavy atom. The van der Waals surface area contributed by atoms with Crippen molar-refractivity contribution in [2.45, 2.75) is 19.3 Å². The van der Waals surface area contributed by atoms with Gasteiger partial charge in [-0.15, -0.1) is 0 Å². The van der Waals surface area contributed by atoms with Crippen molar-refractivity contribution in [1.29, 1.82) is 0 Å². The topological polar surface area (TPSA) is 38.9 Å². The van der Waals surface area contributed by atoms with Crippen molar-refractivity contribution in [3.63, 3.8) is 0 Å². The number of hydrogen-bond acceptors (Lipinski definition) is 2. The largest absolute Gasteiger partial charge is 0.330 e. The van der Waals surface area contributed by atoms with Crippen LogP contribution in [0.4, 0.5) is 0 Å². The van der Waals surface area contributed by atoms with Crippen LogP contribution < -0.4 is 5.73 Å². The molecule has 1 aromatic heterocycles. The van der Waals surface area contributed by atoms with Gasteiger partial charge < -0.3 is 5.73 Å². The van der Waals surface area contributed by atoms with E-state index in [4.69, 9.17) is 5.73 Å². The second kappa shape index (κ2) is 4.58. The van der Waals surface area contributed by atoms with E-state index in [1.807, 2.05) is 6.07 Å². The van der Waals surface area contributed by atoms with Gasteiger partial charge in [0, 0.05) is 6.20 Å². The Kier molecular flexibility index (Phi) is 3.69. The molecular weight excluding hydrogens is 216 g/mol. The van der Waals surface area contributed by atoms with Gasteiger partial charge in [-0.1, -0.05) is 13.0 Å². The third kappa shape index (κ3) is 2.29. The smallest absolute Gasteiger partial charge is 0.109 e. The van der Waals surface area contributed by atoms with Gasteiger partial charge in [-0.3, -0.25) is 0 Å². The summed E-state index contributed by atoms with van der Waals surface area (Å²) in [6.45, 7) is 2.89. The molecule has 0 aromatic carbocycles. The van der Waals surface area contributed by atoms with E-state index in [-0.39, 0.29) is 0 Å². The van der Waals surface area contributed by atoms with E-state index in [1.54, 1.807) is 6.20 Å². The average molecular weight is 229 g/mol. The summed E-state index contributed by atoms with van der Waals surface area (Å²) in [5, 5.41) is 0. The first-order valence-electron chi connectivity index (χ1n) is 4.06. The highest BCUT2D eigenvalue weighted by Crippen LogP contribution is 2.24. The molecule has 0 spiro atoms. The van der Waals surface area contributed by atoms with Crippen LogP contribution in [0, 0.1) is 0 Å². The summed E-state index contributed by atoms with van der Waals surface area (Å²) in [7, 11) is 0. The number of nitrogens with two attached hydrogens (primary N) is 1. The number of nitrogens with zero attached hydrogens (tertiary/aromatic N) is 1. The molecule has 1 heterocycles. The summed E-state index contributed by atoms with van der Waals surface area (Å²) in [6.07, 6.45) is 2.78. The SMILES string of the molecule is CC(CCN)c1cccnc1Br.